The first-order valence-electron chi connectivity index (χ1n) is 5.91. The maximum atomic E-state index is 13.3. The van der Waals surface area contributed by atoms with Gasteiger partial charge in [-0.1, -0.05) is 6.07 Å². The second kappa shape index (κ2) is 4.69. The average molecular weight is 259 g/mol. The Balaban J connectivity index is 1.71. The van der Waals surface area contributed by atoms with Crippen LogP contribution in [0.15, 0.2) is 22.6 Å². The van der Waals surface area contributed by atoms with Crippen LogP contribution >= 0.6 is 0 Å². The van der Waals surface area contributed by atoms with Crippen molar-refractivity contribution in [2.75, 3.05) is 0 Å². The molecule has 0 spiro atoms. The van der Waals surface area contributed by atoms with Crippen molar-refractivity contribution in [1.29, 1.82) is 5.26 Å². The highest BCUT2D eigenvalue weighted by Crippen LogP contribution is 2.39. The Kier molecular flexibility index (Phi) is 2.88. The average Bonchev–Trinajstić information content (AvgIpc) is 3.16. The highest BCUT2D eigenvalue weighted by molar-refractivity contribution is 5.43. The van der Waals surface area contributed by atoms with Gasteiger partial charge in [-0.3, -0.25) is 0 Å². The van der Waals surface area contributed by atoms with E-state index >= 15 is 0 Å². The summed E-state index contributed by atoms with van der Waals surface area (Å²) in [5, 5.41) is 16.6. The van der Waals surface area contributed by atoms with Gasteiger partial charge in [-0.25, -0.2) is 4.39 Å². The molecular weight excluding hydrogens is 249 g/mol. The number of hydrogen-bond acceptors (Lipinski definition) is 5. The second-order valence-electron chi connectivity index (χ2n) is 4.32. The maximum absolute atomic E-state index is 13.3. The summed E-state index contributed by atoms with van der Waals surface area (Å²) in [4.78, 5) is 0. The molecule has 1 saturated carbocycles. The third-order valence-electron chi connectivity index (χ3n) is 2.85. The van der Waals surface area contributed by atoms with Crippen LogP contribution in [0, 0.1) is 17.1 Å². The number of benzene rings is 1. The Morgan fingerprint density at radius 3 is 3.00 bits per heavy atom. The van der Waals surface area contributed by atoms with E-state index in [4.69, 9.17) is 14.4 Å². The van der Waals surface area contributed by atoms with E-state index in [0.29, 0.717) is 17.7 Å². The van der Waals surface area contributed by atoms with E-state index in [0.717, 1.165) is 12.8 Å². The van der Waals surface area contributed by atoms with Crippen molar-refractivity contribution in [3.05, 3.63) is 41.4 Å². The molecule has 0 atom stereocenters. The molecule has 1 aliphatic rings. The molecule has 96 valence electrons. The van der Waals surface area contributed by atoms with Gasteiger partial charge in [0, 0.05) is 5.92 Å². The zero-order valence-electron chi connectivity index (χ0n) is 9.97. The molecule has 6 heteroatoms. The molecule has 1 heterocycles. The number of aromatic nitrogens is 2. The summed E-state index contributed by atoms with van der Waals surface area (Å²) in [6, 6.07) is 5.99. The molecule has 0 amide bonds. The number of rotatable bonds is 4. The van der Waals surface area contributed by atoms with Gasteiger partial charge < -0.3 is 9.15 Å². The number of ether oxygens (including phenoxy) is 1. The lowest BCUT2D eigenvalue weighted by Gasteiger charge is -2.05. The fraction of sp³-hybridized carbons (Fsp3) is 0.308. The molecule has 0 saturated heterocycles. The first kappa shape index (κ1) is 11.7. The van der Waals surface area contributed by atoms with E-state index in [9.17, 15) is 4.39 Å². The number of halogens is 1. The first-order valence-corrected chi connectivity index (χ1v) is 5.91. The second-order valence-corrected chi connectivity index (χ2v) is 4.32. The van der Waals surface area contributed by atoms with E-state index in [1.165, 1.54) is 18.2 Å². The molecular formula is C13H10FN3O2. The Hall–Kier alpha value is -2.42. The summed E-state index contributed by atoms with van der Waals surface area (Å²) in [6.07, 6.45) is 2.15. The van der Waals surface area contributed by atoms with Crippen molar-refractivity contribution in [2.24, 2.45) is 0 Å². The van der Waals surface area contributed by atoms with E-state index in [1.54, 1.807) is 6.07 Å². The summed E-state index contributed by atoms with van der Waals surface area (Å²) < 4.78 is 24.1. The zero-order valence-corrected chi connectivity index (χ0v) is 9.97. The van der Waals surface area contributed by atoms with Gasteiger partial charge in [0.25, 0.3) is 5.89 Å². The largest absolute Gasteiger partial charge is 0.482 e. The lowest BCUT2D eigenvalue weighted by Crippen LogP contribution is -1.99. The van der Waals surface area contributed by atoms with Crippen LogP contribution in [-0.4, -0.2) is 10.2 Å². The fourth-order valence-corrected chi connectivity index (χ4v) is 1.69. The van der Waals surface area contributed by atoms with Crippen molar-refractivity contribution in [3.63, 3.8) is 0 Å². The van der Waals surface area contributed by atoms with Crippen LogP contribution in [0.25, 0.3) is 0 Å². The Bertz CT molecular complexity index is 644. The lowest BCUT2D eigenvalue weighted by molar-refractivity contribution is 0.257. The van der Waals surface area contributed by atoms with E-state index in [-0.39, 0.29) is 17.9 Å². The van der Waals surface area contributed by atoms with Gasteiger partial charge in [-0.05, 0) is 25.0 Å². The number of hydrogen-bond donors (Lipinski definition) is 0. The first-order chi connectivity index (χ1) is 9.28. The molecule has 0 bridgehead atoms. The predicted molar refractivity (Wildman–Crippen MR) is 61.7 cm³/mol. The Labute approximate surface area is 108 Å². The summed E-state index contributed by atoms with van der Waals surface area (Å²) in [5.41, 5.74) is -0.121. The highest BCUT2D eigenvalue weighted by Gasteiger charge is 2.29. The van der Waals surface area contributed by atoms with Gasteiger partial charge in [0.1, 0.15) is 23.2 Å². The van der Waals surface area contributed by atoms with Crippen LogP contribution in [0.4, 0.5) is 4.39 Å². The smallest absolute Gasteiger partial charge is 0.253 e. The van der Waals surface area contributed by atoms with Crippen LogP contribution in [-0.2, 0) is 6.61 Å². The monoisotopic (exact) mass is 259 g/mol. The summed E-state index contributed by atoms with van der Waals surface area (Å²) in [7, 11) is 0. The van der Waals surface area contributed by atoms with Crippen molar-refractivity contribution in [3.8, 4) is 11.8 Å². The number of nitriles is 1. The van der Waals surface area contributed by atoms with Crippen LogP contribution in [0.3, 0.4) is 0 Å². The topological polar surface area (TPSA) is 71.9 Å². The van der Waals surface area contributed by atoms with E-state index in [2.05, 4.69) is 10.2 Å². The molecule has 3 rings (SSSR count). The third kappa shape index (κ3) is 2.40. The normalized spacial score (nSPS) is 14.1. The van der Waals surface area contributed by atoms with Crippen molar-refractivity contribution >= 4 is 0 Å². The molecule has 1 aromatic carbocycles. The minimum absolute atomic E-state index is 0.0256. The van der Waals surface area contributed by atoms with Gasteiger partial charge in [-0.2, -0.15) is 5.26 Å². The van der Waals surface area contributed by atoms with Gasteiger partial charge >= 0.3 is 0 Å². The minimum atomic E-state index is -0.607. The van der Waals surface area contributed by atoms with Crippen LogP contribution in [0.5, 0.6) is 5.75 Å². The van der Waals surface area contributed by atoms with Crippen LogP contribution < -0.4 is 4.74 Å². The predicted octanol–water partition coefficient (Wildman–Crippen LogP) is 2.54. The van der Waals surface area contributed by atoms with Crippen molar-refractivity contribution < 1.29 is 13.5 Å². The fourth-order valence-electron chi connectivity index (χ4n) is 1.69. The lowest BCUT2D eigenvalue weighted by atomic mass is 10.2. The Morgan fingerprint density at radius 2 is 2.26 bits per heavy atom. The molecule has 1 aromatic heterocycles. The molecule has 1 fully saturated rings. The quantitative estimate of drug-likeness (QED) is 0.843. The Morgan fingerprint density at radius 1 is 1.42 bits per heavy atom. The number of nitrogens with zero attached hydrogens (tertiary/aromatic N) is 3. The summed E-state index contributed by atoms with van der Waals surface area (Å²) >= 11 is 0. The molecule has 2 aromatic rings. The highest BCUT2D eigenvalue weighted by atomic mass is 19.1. The summed E-state index contributed by atoms with van der Waals surface area (Å²) in [5.74, 6) is 0.899. The molecule has 0 unspecified atom stereocenters. The molecule has 19 heavy (non-hydrogen) atoms. The third-order valence-corrected chi connectivity index (χ3v) is 2.85. The van der Waals surface area contributed by atoms with Crippen LogP contribution in [0.1, 0.15) is 36.1 Å². The van der Waals surface area contributed by atoms with Crippen molar-refractivity contribution in [2.45, 2.75) is 25.4 Å². The molecule has 5 nitrogen and oxygen atoms in total. The molecule has 0 aliphatic heterocycles. The van der Waals surface area contributed by atoms with Gasteiger partial charge in [0.2, 0.25) is 5.89 Å². The van der Waals surface area contributed by atoms with Crippen LogP contribution in [0.2, 0.25) is 0 Å². The SMILES string of the molecule is N#Cc1c(F)cccc1OCc1nnc(C2CC2)o1. The standard InChI is InChI=1S/C13H10FN3O2/c14-10-2-1-3-11(9(10)6-15)18-7-12-16-17-13(19-12)8-4-5-8/h1-3,8H,4-5,7H2. The minimum Gasteiger partial charge on any atom is -0.482 e. The van der Waals surface area contributed by atoms with E-state index < -0.39 is 5.82 Å². The van der Waals surface area contributed by atoms with E-state index in [1.807, 2.05) is 0 Å². The van der Waals surface area contributed by atoms with Gasteiger partial charge in [0.05, 0.1) is 0 Å². The van der Waals surface area contributed by atoms with Gasteiger partial charge in [0.15, 0.2) is 6.61 Å². The zero-order chi connectivity index (χ0) is 13.2. The summed E-state index contributed by atoms with van der Waals surface area (Å²) in [6.45, 7) is 0.0256. The molecule has 0 radical (unpaired) electrons. The van der Waals surface area contributed by atoms with Crippen molar-refractivity contribution in [1.82, 2.24) is 10.2 Å². The molecule has 1 aliphatic carbocycles. The van der Waals surface area contributed by atoms with Gasteiger partial charge in [-0.15, -0.1) is 10.2 Å². The maximum Gasteiger partial charge on any atom is 0.253 e. The molecule has 0 N–H and O–H groups in total.